The number of rotatable bonds is 7. The van der Waals surface area contributed by atoms with Gasteiger partial charge in [-0.15, -0.1) is 0 Å². The second kappa shape index (κ2) is 7.39. The summed E-state index contributed by atoms with van der Waals surface area (Å²) in [5.41, 5.74) is 0.608. The predicted molar refractivity (Wildman–Crippen MR) is 81.6 cm³/mol. The summed E-state index contributed by atoms with van der Waals surface area (Å²) in [7, 11) is 0. The second-order valence-corrected chi connectivity index (χ2v) is 6.34. The molecule has 0 aliphatic rings. The van der Waals surface area contributed by atoms with E-state index in [4.69, 9.17) is 11.6 Å². The van der Waals surface area contributed by atoms with Crippen LogP contribution in [-0.2, 0) is 6.42 Å². The zero-order valence-electron chi connectivity index (χ0n) is 11.2. The maximum absolute atomic E-state index is 10.1. The van der Waals surface area contributed by atoms with Crippen LogP contribution in [0, 0.1) is 0 Å². The van der Waals surface area contributed by atoms with Gasteiger partial charge in [-0.2, -0.15) is 11.8 Å². The summed E-state index contributed by atoms with van der Waals surface area (Å²) < 4.78 is 0. The van der Waals surface area contributed by atoms with Crippen molar-refractivity contribution in [2.24, 2.45) is 0 Å². The van der Waals surface area contributed by atoms with Gasteiger partial charge in [0.15, 0.2) is 0 Å². The Hall–Kier alpha value is -0.220. The summed E-state index contributed by atoms with van der Waals surface area (Å²) in [5, 5.41) is 14.2. The summed E-state index contributed by atoms with van der Waals surface area (Å²) in [6.45, 7) is 4.61. The molecular weight excluding hydrogens is 266 g/mol. The molecule has 0 fully saturated rings. The molecule has 0 aliphatic heterocycles. The van der Waals surface area contributed by atoms with Crippen LogP contribution in [0.2, 0.25) is 5.02 Å². The molecule has 0 radical (unpaired) electrons. The van der Waals surface area contributed by atoms with E-state index in [0.717, 1.165) is 17.2 Å². The van der Waals surface area contributed by atoms with E-state index in [2.05, 4.69) is 12.2 Å². The molecule has 0 heterocycles. The molecule has 2 unspecified atom stereocenters. The van der Waals surface area contributed by atoms with Gasteiger partial charge in [-0.3, -0.25) is 0 Å². The van der Waals surface area contributed by atoms with Gasteiger partial charge in [-0.05, 0) is 44.2 Å². The van der Waals surface area contributed by atoms with E-state index in [1.807, 2.05) is 37.4 Å². The smallest absolute Gasteiger partial charge is 0.0833 e. The summed E-state index contributed by atoms with van der Waals surface area (Å²) >= 11 is 7.51. The molecular formula is C14H22ClNOS. The SMILES string of the molecule is CSCC(C)(O)CNC(C)Cc1ccc(Cl)cc1. The van der Waals surface area contributed by atoms with E-state index in [9.17, 15) is 5.11 Å². The molecule has 4 heteroatoms. The molecule has 0 aromatic heterocycles. The van der Waals surface area contributed by atoms with Gasteiger partial charge in [0.1, 0.15) is 0 Å². The fraction of sp³-hybridized carbons (Fsp3) is 0.571. The van der Waals surface area contributed by atoms with Gasteiger partial charge in [0.25, 0.3) is 0 Å². The first-order valence-corrected chi connectivity index (χ1v) is 7.89. The molecule has 0 spiro atoms. The van der Waals surface area contributed by atoms with E-state index in [-0.39, 0.29) is 0 Å². The Labute approximate surface area is 119 Å². The topological polar surface area (TPSA) is 32.3 Å². The minimum absolute atomic E-state index is 0.333. The first-order chi connectivity index (χ1) is 8.43. The van der Waals surface area contributed by atoms with Gasteiger partial charge in [0, 0.05) is 23.4 Å². The van der Waals surface area contributed by atoms with Crippen LogP contribution in [0.25, 0.3) is 0 Å². The highest BCUT2D eigenvalue weighted by Crippen LogP contribution is 2.12. The molecule has 1 rings (SSSR count). The quantitative estimate of drug-likeness (QED) is 0.809. The number of halogens is 1. The first-order valence-electron chi connectivity index (χ1n) is 6.12. The Balaban J connectivity index is 2.37. The molecule has 0 aliphatic carbocycles. The zero-order chi connectivity index (χ0) is 13.6. The van der Waals surface area contributed by atoms with Crippen LogP contribution in [0.5, 0.6) is 0 Å². The Morgan fingerprint density at radius 3 is 2.56 bits per heavy atom. The number of benzene rings is 1. The highest BCUT2D eigenvalue weighted by Gasteiger charge is 2.19. The van der Waals surface area contributed by atoms with Gasteiger partial charge >= 0.3 is 0 Å². The predicted octanol–water partition coefficient (Wildman–Crippen LogP) is 2.97. The number of hydrogen-bond donors (Lipinski definition) is 2. The van der Waals surface area contributed by atoms with Gasteiger partial charge in [-0.25, -0.2) is 0 Å². The standard InChI is InChI=1S/C14H22ClNOS/c1-11(16-9-14(2,17)10-18-3)8-12-4-6-13(15)7-5-12/h4-7,11,16-17H,8-10H2,1-3H3. The fourth-order valence-corrected chi connectivity index (χ4v) is 2.65. The van der Waals surface area contributed by atoms with Gasteiger partial charge < -0.3 is 10.4 Å². The van der Waals surface area contributed by atoms with E-state index in [1.165, 1.54) is 5.56 Å². The van der Waals surface area contributed by atoms with Gasteiger partial charge in [-0.1, -0.05) is 23.7 Å². The summed E-state index contributed by atoms with van der Waals surface area (Å²) in [6, 6.07) is 8.24. The fourth-order valence-electron chi connectivity index (χ4n) is 1.80. The molecule has 0 bridgehead atoms. The third-order valence-electron chi connectivity index (χ3n) is 2.74. The van der Waals surface area contributed by atoms with Crippen molar-refractivity contribution in [3.05, 3.63) is 34.9 Å². The minimum atomic E-state index is -0.645. The third-order valence-corrected chi connectivity index (χ3v) is 3.90. The van der Waals surface area contributed by atoms with Gasteiger partial charge in [0.05, 0.1) is 5.60 Å². The van der Waals surface area contributed by atoms with E-state index in [1.54, 1.807) is 11.8 Å². The summed E-state index contributed by atoms with van der Waals surface area (Å²) in [4.78, 5) is 0. The van der Waals surface area contributed by atoms with Crippen molar-refractivity contribution in [1.82, 2.24) is 5.32 Å². The van der Waals surface area contributed by atoms with Crippen molar-refractivity contribution in [2.75, 3.05) is 18.6 Å². The third kappa shape index (κ3) is 6.10. The molecule has 0 amide bonds. The molecule has 1 aromatic carbocycles. The van der Waals surface area contributed by atoms with Crippen molar-refractivity contribution in [3.8, 4) is 0 Å². The highest BCUT2D eigenvalue weighted by molar-refractivity contribution is 7.98. The molecule has 1 aromatic rings. The lowest BCUT2D eigenvalue weighted by atomic mass is 10.1. The van der Waals surface area contributed by atoms with Crippen molar-refractivity contribution >= 4 is 23.4 Å². The van der Waals surface area contributed by atoms with E-state index < -0.39 is 5.60 Å². The number of aliphatic hydroxyl groups is 1. The number of hydrogen-bond acceptors (Lipinski definition) is 3. The lowest BCUT2D eigenvalue weighted by molar-refractivity contribution is 0.0820. The molecule has 18 heavy (non-hydrogen) atoms. The molecule has 2 atom stereocenters. The molecule has 0 saturated carbocycles. The molecule has 0 saturated heterocycles. The van der Waals surface area contributed by atoms with Crippen molar-refractivity contribution in [3.63, 3.8) is 0 Å². The lowest BCUT2D eigenvalue weighted by Crippen LogP contribution is -2.43. The highest BCUT2D eigenvalue weighted by atomic mass is 35.5. The van der Waals surface area contributed by atoms with E-state index >= 15 is 0 Å². The average molecular weight is 288 g/mol. The van der Waals surface area contributed by atoms with Crippen LogP contribution in [-0.4, -0.2) is 35.3 Å². The minimum Gasteiger partial charge on any atom is -0.388 e. The number of nitrogens with one attached hydrogen (secondary N) is 1. The maximum Gasteiger partial charge on any atom is 0.0833 e. The lowest BCUT2D eigenvalue weighted by Gasteiger charge is -2.25. The van der Waals surface area contributed by atoms with Gasteiger partial charge in [0.2, 0.25) is 0 Å². The average Bonchev–Trinajstić information content (AvgIpc) is 2.30. The molecule has 2 N–H and O–H groups in total. The first kappa shape index (κ1) is 15.8. The monoisotopic (exact) mass is 287 g/mol. The zero-order valence-corrected chi connectivity index (χ0v) is 12.8. The number of thioether (sulfide) groups is 1. The largest absolute Gasteiger partial charge is 0.388 e. The summed E-state index contributed by atoms with van der Waals surface area (Å²) in [6.07, 6.45) is 2.94. The molecule has 2 nitrogen and oxygen atoms in total. The Morgan fingerprint density at radius 1 is 1.39 bits per heavy atom. The van der Waals surface area contributed by atoms with Crippen LogP contribution in [0.3, 0.4) is 0 Å². The summed E-state index contributed by atoms with van der Waals surface area (Å²) in [5.74, 6) is 0.744. The van der Waals surface area contributed by atoms with Crippen LogP contribution < -0.4 is 5.32 Å². The van der Waals surface area contributed by atoms with Crippen LogP contribution in [0.1, 0.15) is 19.4 Å². The molecule has 102 valence electrons. The van der Waals surface area contributed by atoms with Crippen LogP contribution in [0.4, 0.5) is 0 Å². The Bertz CT molecular complexity index is 353. The Morgan fingerprint density at radius 2 is 2.00 bits per heavy atom. The maximum atomic E-state index is 10.1. The van der Waals surface area contributed by atoms with Crippen LogP contribution >= 0.6 is 23.4 Å². The van der Waals surface area contributed by atoms with E-state index in [0.29, 0.717) is 12.6 Å². The normalized spacial score (nSPS) is 16.3. The van der Waals surface area contributed by atoms with Crippen LogP contribution in [0.15, 0.2) is 24.3 Å². The Kier molecular flexibility index (Phi) is 6.50. The second-order valence-electron chi connectivity index (χ2n) is 5.04. The van der Waals surface area contributed by atoms with Crippen molar-refractivity contribution < 1.29 is 5.11 Å². The van der Waals surface area contributed by atoms with Crippen molar-refractivity contribution in [1.29, 1.82) is 0 Å². The van der Waals surface area contributed by atoms with Crippen molar-refractivity contribution in [2.45, 2.75) is 31.9 Å².